The van der Waals surface area contributed by atoms with Crippen molar-refractivity contribution in [2.45, 2.75) is 6.54 Å². The Bertz CT molecular complexity index is 1030. The van der Waals surface area contributed by atoms with E-state index in [4.69, 9.17) is 9.47 Å². The molecule has 0 saturated heterocycles. The van der Waals surface area contributed by atoms with Crippen molar-refractivity contribution in [1.29, 1.82) is 0 Å². The van der Waals surface area contributed by atoms with E-state index in [1.54, 1.807) is 31.2 Å². The molecular weight excluding hydrogens is 372 g/mol. The third kappa shape index (κ3) is 3.95. The Morgan fingerprint density at radius 2 is 2.07 bits per heavy atom. The molecule has 152 valence electrons. The first-order valence-corrected chi connectivity index (χ1v) is 9.36. The van der Waals surface area contributed by atoms with Crippen LogP contribution in [0.2, 0.25) is 0 Å². The van der Waals surface area contributed by atoms with Crippen molar-refractivity contribution in [3.8, 4) is 11.5 Å². The van der Waals surface area contributed by atoms with Crippen LogP contribution in [0, 0.1) is 0 Å². The predicted molar refractivity (Wildman–Crippen MR) is 110 cm³/mol. The van der Waals surface area contributed by atoms with Gasteiger partial charge in [0.25, 0.3) is 5.91 Å². The number of ether oxygens (including phenoxy) is 2. The number of carbonyl (C=O) groups is 1. The summed E-state index contributed by atoms with van der Waals surface area (Å²) in [5.74, 6) is 1.67. The number of nitrogens with one attached hydrogen (secondary N) is 2. The molecule has 0 radical (unpaired) electrons. The number of likely N-dealkylation sites (N-methyl/N-ethyl adjacent to an activating group) is 2. The van der Waals surface area contributed by atoms with E-state index in [0.717, 1.165) is 28.8 Å². The fraction of sp³-hybridized carbons (Fsp3) is 0.350. The highest BCUT2D eigenvalue weighted by atomic mass is 16.5. The molecule has 9 nitrogen and oxygen atoms in total. The van der Waals surface area contributed by atoms with Crippen LogP contribution in [0.25, 0.3) is 11.0 Å². The smallest absolute Gasteiger partial charge is 0.260 e. The number of hydrogen-bond donors (Lipinski definition) is 2. The highest BCUT2D eigenvalue weighted by Crippen LogP contribution is 2.33. The monoisotopic (exact) mass is 396 g/mol. The minimum Gasteiger partial charge on any atom is -0.493 e. The van der Waals surface area contributed by atoms with Crippen LogP contribution in [-0.2, 0) is 11.3 Å². The highest BCUT2D eigenvalue weighted by Gasteiger charge is 2.17. The van der Waals surface area contributed by atoms with Gasteiger partial charge in [-0.2, -0.15) is 0 Å². The number of hydrogen-bond acceptors (Lipinski definition) is 7. The maximum atomic E-state index is 12.4. The molecule has 1 aromatic carbocycles. The van der Waals surface area contributed by atoms with Crippen molar-refractivity contribution in [2.75, 3.05) is 46.2 Å². The average molecular weight is 396 g/mol. The molecule has 3 heterocycles. The Morgan fingerprint density at radius 3 is 2.90 bits per heavy atom. The lowest BCUT2D eigenvalue weighted by Crippen LogP contribution is -2.37. The van der Waals surface area contributed by atoms with Gasteiger partial charge in [-0.25, -0.2) is 9.97 Å². The summed E-state index contributed by atoms with van der Waals surface area (Å²) in [7, 11) is 5.38. The molecule has 3 aromatic rings. The number of rotatable bonds is 1. The summed E-state index contributed by atoms with van der Waals surface area (Å²) >= 11 is 0. The third-order valence-corrected chi connectivity index (χ3v) is 5.01. The number of anilines is 2. The molecule has 1 aliphatic rings. The molecule has 29 heavy (non-hydrogen) atoms. The average Bonchev–Trinajstić information content (AvgIpc) is 3.13. The maximum Gasteiger partial charge on any atom is 0.260 e. The molecule has 0 atom stereocenters. The number of aromatic amines is 1. The summed E-state index contributed by atoms with van der Waals surface area (Å²) in [6.07, 6.45) is 3.48. The predicted octanol–water partition coefficient (Wildman–Crippen LogP) is 1.99. The number of aromatic nitrogens is 3. The SMILES string of the molecule is COc1ccc2cc1OCC(=O)N(C)CCN(C)Cc1c[nH]c3ncnc(c13)N2. The summed E-state index contributed by atoms with van der Waals surface area (Å²) in [6, 6.07) is 5.48. The van der Waals surface area contributed by atoms with Crippen LogP contribution in [0.15, 0.2) is 30.7 Å². The van der Waals surface area contributed by atoms with Gasteiger partial charge >= 0.3 is 0 Å². The Labute approximate surface area is 168 Å². The minimum absolute atomic E-state index is 0.0575. The number of methoxy groups -OCH3 is 1. The summed E-state index contributed by atoms with van der Waals surface area (Å²) < 4.78 is 11.1. The molecule has 0 aliphatic carbocycles. The number of H-pyrrole nitrogens is 1. The van der Waals surface area contributed by atoms with Crippen molar-refractivity contribution < 1.29 is 14.3 Å². The molecule has 0 unspecified atom stereocenters. The van der Waals surface area contributed by atoms with Crippen molar-refractivity contribution in [2.24, 2.45) is 0 Å². The topological polar surface area (TPSA) is 95.6 Å². The Balaban J connectivity index is 1.78. The van der Waals surface area contributed by atoms with E-state index in [1.807, 2.05) is 19.3 Å². The van der Waals surface area contributed by atoms with Gasteiger partial charge < -0.3 is 29.6 Å². The van der Waals surface area contributed by atoms with Crippen molar-refractivity contribution >= 4 is 28.4 Å². The van der Waals surface area contributed by atoms with Crippen molar-refractivity contribution in [1.82, 2.24) is 24.8 Å². The Morgan fingerprint density at radius 1 is 1.21 bits per heavy atom. The first-order valence-electron chi connectivity index (χ1n) is 9.36. The van der Waals surface area contributed by atoms with E-state index < -0.39 is 0 Å². The molecule has 0 fully saturated rings. The van der Waals surface area contributed by atoms with Crippen LogP contribution >= 0.6 is 0 Å². The molecular formula is C20H24N6O3. The molecule has 4 rings (SSSR count). The number of fused-ring (bicyclic) bond motifs is 2. The molecule has 1 aliphatic heterocycles. The first-order chi connectivity index (χ1) is 14.0. The van der Waals surface area contributed by atoms with E-state index >= 15 is 0 Å². The van der Waals surface area contributed by atoms with Gasteiger partial charge in [0.05, 0.1) is 12.5 Å². The van der Waals surface area contributed by atoms with Gasteiger partial charge in [0.15, 0.2) is 18.1 Å². The van der Waals surface area contributed by atoms with E-state index in [9.17, 15) is 4.79 Å². The van der Waals surface area contributed by atoms with E-state index in [2.05, 4.69) is 25.2 Å². The van der Waals surface area contributed by atoms with Gasteiger partial charge in [0.1, 0.15) is 17.8 Å². The first kappa shape index (κ1) is 19.0. The summed E-state index contributed by atoms with van der Waals surface area (Å²) in [5.41, 5.74) is 2.63. The lowest BCUT2D eigenvalue weighted by Gasteiger charge is -2.22. The van der Waals surface area contributed by atoms with E-state index in [1.165, 1.54) is 6.33 Å². The van der Waals surface area contributed by atoms with Crippen LogP contribution in [0.4, 0.5) is 11.5 Å². The molecule has 0 saturated carbocycles. The van der Waals surface area contributed by atoms with E-state index in [0.29, 0.717) is 30.4 Å². The normalized spacial score (nSPS) is 16.0. The largest absolute Gasteiger partial charge is 0.493 e. The second-order valence-corrected chi connectivity index (χ2v) is 7.09. The number of carbonyl (C=O) groups excluding carboxylic acids is 1. The van der Waals surface area contributed by atoms with Crippen molar-refractivity contribution in [3.63, 3.8) is 0 Å². The van der Waals surface area contributed by atoms with Gasteiger partial charge in [-0.05, 0) is 24.7 Å². The molecule has 2 bridgehead atoms. The van der Waals surface area contributed by atoms with Crippen LogP contribution in [0.5, 0.6) is 11.5 Å². The standard InChI is InChI=1S/C20H24N6O3/c1-25-6-7-26(2)17(27)11-29-16-8-14(4-5-15(16)28-3)24-20-18-13(10-25)9-21-19(18)22-12-23-20/h4-5,8-9,12H,6-7,10-11H2,1-3H3,(H2,21,22,23,24). The van der Waals surface area contributed by atoms with Crippen LogP contribution in [0.1, 0.15) is 5.56 Å². The number of benzene rings is 1. The molecule has 2 N–H and O–H groups in total. The molecule has 0 spiro atoms. The molecule has 2 aromatic heterocycles. The summed E-state index contributed by atoms with van der Waals surface area (Å²) in [4.78, 5) is 28.3. The van der Waals surface area contributed by atoms with Crippen molar-refractivity contribution in [3.05, 3.63) is 36.3 Å². The molecule has 9 heteroatoms. The zero-order chi connectivity index (χ0) is 20.4. The Kier molecular flexibility index (Phi) is 5.22. The second-order valence-electron chi connectivity index (χ2n) is 7.09. The summed E-state index contributed by atoms with van der Waals surface area (Å²) in [6.45, 7) is 1.97. The lowest BCUT2D eigenvalue weighted by molar-refractivity contribution is -0.132. The number of amides is 1. The maximum absolute atomic E-state index is 12.4. The van der Waals surface area contributed by atoms with Gasteiger partial charge in [-0.3, -0.25) is 4.79 Å². The van der Waals surface area contributed by atoms with Gasteiger partial charge in [0.2, 0.25) is 0 Å². The number of nitrogens with zero attached hydrogens (tertiary/aromatic N) is 4. The highest BCUT2D eigenvalue weighted by molar-refractivity contribution is 5.92. The van der Waals surface area contributed by atoms with Gasteiger partial charge in [-0.1, -0.05) is 0 Å². The van der Waals surface area contributed by atoms with Gasteiger partial charge in [0, 0.05) is 44.6 Å². The second kappa shape index (κ2) is 7.96. The lowest BCUT2D eigenvalue weighted by atomic mass is 10.2. The van der Waals surface area contributed by atoms with Crippen LogP contribution in [-0.4, -0.2) is 71.6 Å². The van der Waals surface area contributed by atoms with E-state index in [-0.39, 0.29) is 12.5 Å². The quantitative estimate of drug-likeness (QED) is 0.649. The summed E-state index contributed by atoms with van der Waals surface area (Å²) in [5, 5.41) is 4.29. The third-order valence-electron chi connectivity index (χ3n) is 5.01. The Hall–Kier alpha value is -3.33. The fourth-order valence-corrected chi connectivity index (χ4v) is 3.32. The van der Waals surface area contributed by atoms with Gasteiger partial charge in [-0.15, -0.1) is 0 Å². The van der Waals surface area contributed by atoms with Crippen LogP contribution in [0.3, 0.4) is 0 Å². The zero-order valence-electron chi connectivity index (χ0n) is 16.7. The minimum atomic E-state index is -0.0909. The molecule has 1 amide bonds. The van der Waals surface area contributed by atoms with Crippen LogP contribution < -0.4 is 14.8 Å². The zero-order valence-corrected chi connectivity index (χ0v) is 16.7. The fourth-order valence-electron chi connectivity index (χ4n) is 3.32.